The Morgan fingerprint density at radius 2 is 1.19 bits per heavy atom. The minimum absolute atomic E-state index is 0.0169. The first-order chi connectivity index (χ1) is 16.7. The zero-order chi connectivity index (χ0) is 27.0. The van der Waals surface area contributed by atoms with Crippen molar-refractivity contribution in [2.24, 2.45) is 5.73 Å². The van der Waals surface area contributed by atoms with Gasteiger partial charge in [-0.25, -0.2) is 9.59 Å². The van der Waals surface area contributed by atoms with Crippen LogP contribution in [0.4, 0.5) is 0 Å². The number of hydrogen-bond acceptors (Lipinski definition) is 8. The van der Waals surface area contributed by atoms with Crippen molar-refractivity contribution in [3.63, 3.8) is 0 Å². The Morgan fingerprint density at radius 3 is 1.58 bits per heavy atom. The summed E-state index contributed by atoms with van der Waals surface area (Å²) in [4.78, 5) is 25.2. The predicted molar refractivity (Wildman–Crippen MR) is 135 cm³/mol. The predicted octanol–water partition coefficient (Wildman–Crippen LogP) is 3.63. The number of benzene rings is 3. The van der Waals surface area contributed by atoms with Crippen LogP contribution in [0.1, 0.15) is 50.4 Å². The van der Waals surface area contributed by atoms with Crippen molar-refractivity contribution < 1.29 is 37.1 Å². The highest BCUT2D eigenvalue weighted by molar-refractivity contribution is 7.85. The Kier molecular flexibility index (Phi) is 9.88. The Balaban J connectivity index is 0.000000830. The van der Waals surface area contributed by atoms with Crippen LogP contribution in [0.15, 0.2) is 66.7 Å². The van der Waals surface area contributed by atoms with Gasteiger partial charge < -0.3 is 20.3 Å². The SMILES string of the molecule is CS(=O)(=O)O.Cc1ccc(C(=O)Oc2ccc(C(O)C(C)N)cc2OC(=O)c2ccc(C)cc2)cc1. The van der Waals surface area contributed by atoms with E-state index < -0.39 is 34.2 Å². The van der Waals surface area contributed by atoms with E-state index in [4.69, 9.17) is 19.8 Å². The van der Waals surface area contributed by atoms with Gasteiger partial charge in [0.2, 0.25) is 0 Å². The third-order valence-electron chi connectivity index (χ3n) is 4.79. The highest BCUT2D eigenvalue weighted by atomic mass is 32.2. The first-order valence-corrected chi connectivity index (χ1v) is 12.7. The highest BCUT2D eigenvalue weighted by Crippen LogP contribution is 2.32. The zero-order valence-electron chi connectivity index (χ0n) is 20.3. The maximum atomic E-state index is 12.6. The third kappa shape index (κ3) is 9.23. The van der Waals surface area contributed by atoms with Crippen LogP contribution in [0.25, 0.3) is 0 Å². The molecule has 0 saturated heterocycles. The second-order valence-electron chi connectivity index (χ2n) is 8.25. The monoisotopic (exact) mass is 515 g/mol. The average molecular weight is 516 g/mol. The van der Waals surface area contributed by atoms with Gasteiger partial charge >= 0.3 is 11.9 Å². The van der Waals surface area contributed by atoms with Gasteiger partial charge in [0.15, 0.2) is 11.5 Å². The Bertz CT molecular complexity index is 1290. The summed E-state index contributed by atoms with van der Waals surface area (Å²) in [7, 11) is -3.67. The minimum atomic E-state index is -3.67. The van der Waals surface area contributed by atoms with E-state index in [2.05, 4.69) is 0 Å². The molecule has 9 nitrogen and oxygen atoms in total. The van der Waals surface area contributed by atoms with Crippen LogP contribution in [0, 0.1) is 13.8 Å². The number of aliphatic hydroxyl groups excluding tert-OH is 1. The fraction of sp³-hybridized carbons (Fsp3) is 0.231. The standard InChI is InChI=1S/C25H25NO5.CH4O3S/c1-15-4-8-18(9-5-15)24(28)30-21-13-12-20(23(27)17(3)26)14-22(21)31-25(29)19-10-6-16(2)7-11-19;1-5(2,3)4/h4-14,17,23,27H,26H2,1-3H3;1H3,(H,2,3,4). The van der Waals surface area contributed by atoms with Crippen molar-refractivity contribution in [3.8, 4) is 11.5 Å². The molecule has 0 fully saturated rings. The van der Waals surface area contributed by atoms with Crippen LogP contribution in [0.2, 0.25) is 0 Å². The van der Waals surface area contributed by atoms with E-state index in [9.17, 15) is 23.1 Å². The van der Waals surface area contributed by atoms with Crippen molar-refractivity contribution in [1.82, 2.24) is 0 Å². The van der Waals surface area contributed by atoms with Gasteiger partial charge in [-0.05, 0) is 62.7 Å². The second-order valence-corrected chi connectivity index (χ2v) is 9.72. The Morgan fingerprint density at radius 1 is 0.806 bits per heavy atom. The highest BCUT2D eigenvalue weighted by Gasteiger charge is 2.20. The van der Waals surface area contributed by atoms with E-state index in [0.29, 0.717) is 22.9 Å². The molecule has 0 saturated carbocycles. The molecule has 0 aliphatic carbocycles. The molecule has 0 aliphatic rings. The van der Waals surface area contributed by atoms with E-state index in [1.165, 1.54) is 12.1 Å². The number of aryl methyl sites for hydroxylation is 2. The van der Waals surface area contributed by atoms with Gasteiger partial charge in [0.25, 0.3) is 10.1 Å². The molecule has 3 aromatic carbocycles. The number of nitrogens with two attached hydrogens (primary N) is 1. The molecule has 0 bridgehead atoms. The summed E-state index contributed by atoms with van der Waals surface area (Å²) in [6.07, 6.45) is -0.258. The molecule has 10 heteroatoms. The number of rotatable bonds is 6. The molecule has 36 heavy (non-hydrogen) atoms. The van der Waals surface area contributed by atoms with Gasteiger partial charge in [-0.2, -0.15) is 8.42 Å². The van der Waals surface area contributed by atoms with Crippen LogP contribution >= 0.6 is 0 Å². The van der Waals surface area contributed by atoms with Crippen LogP contribution in [0.3, 0.4) is 0 Å². The summed E-state index contributed by atoms with van der Waals surface area (Å²) < 4.78 is 36.9. The van der Waals surface area contributed by atoms with Crippen LogP contribution in [0.5, 0.6) is 11.5 Å². The number of aliphatic hydroxyl groups is 1. The van der Waals surface area contributed by atoms with Crippen molar-refractivity contribution >= 4 is 22.1 Å². The molecule has 0 amide bonds. The summed E-state index contributed by atoms with van der Waals surface area (Å²) in [5, 5.41) is 10.3. The van der Waals surface area contributed by atoms with Crippen molar-refractivity contribution in [2.45, 2.75) is 32.9 Å². The van der Waals surface area contributed by atoms with Gasteiger partial charge in [-0.3, -0.25) is 4.55 Å². The molecule has 2 unspecified atom stereocenters. The summed E-state index contributed by atoms with van der Waals surface area (Å²) in [5.74, 6) is -1.12. The largest absolute Gasteiger partial charge is 0.419 e. The quantitative estimate of drug-likeness (QED) is 0.254. The summed E-state index contributed by atoms with van der Waals surface area (Å²) in [6, 6.07) is 17.8. The first kappa shape index (κ1) is 28.7. The topological polar surface area (TPSA) is 153 Å². The number of carbonyl (C=O) groups is 2. The van der Waals surface area contributed by atoms with E-state index in [1.807, 2.05) is 13.8 Å². The lowest BCUT2D eigenvalue weighted by Crippen LogP contribution is -2.24. The molecule has 0 radical (unpaired) electrons. The summed E-state index contributed by atoms with van der Waals surface area (Å²) >= 11 is 0. The summed E-state index contributed by atoms with van der Waals surface area (Å²) in [6.45, 7) is 5.49. The van der Waals surface area contributed by atoms with Gasteiger partial charge in [-0.1, -0.05) is 41.5 Å². The zero-order valence-corrected chi connectivity index (χ0v) is 21.2. The van der Waals surface area contributed by atoms with Crippen molar-refractivity contribution in [3.05, 3.63) is 94.5 Å². The number of ether oxygens (including phenoxy) is 2. The lowest BCUT2D eigenvalue weighted by Gasteiger charge is -2.17. The molecule has 0 spiro atoms. The Hall–Kier alpha value is -3.57. The maximum Gasteiger partial charge on any atom is 0.343 e. The molecular weight excluding hydrogens is 486 g/mol. The fourth-order valence-electron chi connectivity index (χ4n) is 2.87. The smallest absolute Gasteiger partial charge is 0.343 e. The van der Waals surface area contributed by atoms with Crippen molar-refractivity contribution in [1.29, 1.82) is 0 Å². The fourth-order valence-corrected chi connectivity index (χ4v) is 2.87. The minimum Gasteiger partial charge on any atom is -0.419 e. The van der Waals surface area contributed by atoms with Gasteiger partial charge in [0.05, 0.1) is 23.5 Å². The lowest BCUT2D eigenvalue weighted by atomic mass is 10.0. The number of esters is 2. The molecule has 3 aromatic rings. The molecule has 0 heterocycles. The van der Waals surface area contributed by atoms with E-state index in [0.717, 1.165) is 11.1 Å². The van der Waals surface area contributed by atoms with Crippen molar-refractivity contribution in [2.75, 3.05) is 6.26 Å². The number of carbonyl (C=O) groups excluding carboxylic acids is 2. The third-order valence-corrected chi connectivity index (χ3v) is 4.79. The second kappa shape index (κ2) is 12.4. The van der Waals surface area contributed by atoms with Gasteiger partial charge in [0, 0.05) is 6.04 Å². The lowest BCUT2D eigenvalue weighted by molar-refractivity contribution is 0.0681. The van der Waals surface area contributed by atoms with Gasteiger partial charge in [-0.15, -0.1) is 0 Å². The molecular formula is C26H29NO8S. The molecule has 0 aliphatic heterocycles. The van der Waals surface area contributed by atoms with Crippen LogP contribution in [-0.2, 0) is 10.1 Å². The average Bonchev–Trinajstić information content (AvgIpc) is 2.79. The first-order valence-electron chi connectivity index (χ1n) is 10.8. The molecule has 4 N–H and O–H groups in total. The van der Waals surface area contributed by atoms with E-state index in [1.54, 1.807) is 61.5 Å². The van der Waals surface area contributed by atoms with E-state index in [-0.39, 0.29) is 11.5 Å². The molecule has 192 valence electrons. The van der Waals surface area contributed by atoms with Crippen LogP contribution < -0.4 is 15.2 Å². The van der Waals surface area contributed by atoms with Crippen LogP contribution in [-0.4, -0.2) is 42.3 Å². The van der Waals surface area contributed by atoms with Gasteiger partial charge in [0.1, 0.15) is 0 Å². The number of hydrogen-bond donors (Lipinski definition) is 3. The maximum absolute atomic E-state index is 12.6. The molecule has 3 rings (SSSR count). The van der Waals surface area contributed by atoms with E-state index >= 15 is 0 Å². The Labute approximate surface area is 210 Å². The normalized spacial score (nSPS) is 12.5. The molecule has 0 aromatic heterocycles. The molecule has 2 atom stereocenters. The summed E-state index contributed by atoms with van der Waals surface area (Å²) in [5.41, 5.74) is 8.96.